The van der Waals surface area contributed by atoms with E-state index >= 15 is 0 Å². The van der Waals surface area contributed by atoms with E-state index in [-0.39, 0.29) is 0 Å². The van der Waals surface area contributed by atoms with Crippen molar-refractivity contribution in [3.8, 4) is 44.5 Å². The molecule has 0 aliphatic rings. The molecular formula is C60H40. The Morgan fingerprint density at radius 3 is 0.817 bits per heavy atom. The summed E-state index contributed by atoms with van der Waals surface area (Å²) in [6, 6.07) is 77.3. The number of fused-ring (bicyclic) bond motifs is 7. The van der Waals surface area contributed by atoms with Crippen LogP contribution in [-0.4, -0.2) is 0 Å². The molecule has 0 spiro atoms. The molecule has 0 heterocycles. The molecule has 12 rings (SSSR count). The molecule has 0 aliphatic carbocycles. The van der Waals surface area contributed by atoms with E-state index in [1.165, 1.54) is 131 Å². The molecule has 0 saturated heterocycles. The summed E-state index contributed by atoms with van der Waals surface area (Å²) in [5, 5.41) is 17.7. The zero-order valence-electron chi connectivity index (χ0n) is 33.6. The molecule has 0 bridgehead atoms. The maximum atomic E-state index is 2.40. The van der Waals surface area contributed by atoms with Gasteiger partial charge in [-0.2, -0.15) is 0 Å². The van der Waals surface area contributed by atoms with Crippen molar-refractivity contribution >= 4 is 75.4 Å². The van der Waals surface area contributed by atoms with Crippen LogP contribution in [0.1, 0.15) is 11.1 Å². The largest absolute Gasteiger partial charge is 0.0616 e. The lowest BCUT2D eigenvalue weighted by Gasteiger charge is -2.21. The van der Waals surface area contributed by atoms with Crippen LogP contribution in [0.4, 0.5) is 0 Å². The highest BCUT2D eigenvalue weighted by Crippen LogP contribution is 2.49. The molecule has 0 heteroatoms. The lowest BCUT2D eigenvalue weighted by molar-refractivity contribution is 1.51. The lowest BCUT2D eigenvalue weighted by atomic mass is 9.81. The standard InChI is InChI=1S/C60H40/c1-37-23-25-41-35-43(29-27-39(41)33-37)57-47-15-5-9-19-51(47)59(52-20-10-6-16-48(52)57)55-31-32-56(46-14-4-3-13-45(46)55)60-53-21-11-7-17-49(53)58(50-18-8-12-22-54(50)60)44-30-28-40-34-38(2)24-26-42(40)36-44/h3-36H,1-2H3. The third-order valence-corrected chi connectivity index (χ3v) is 12.9. The van der Waals surface area contributed by atoms with Crippen LogP contribution in [0.15, 0.2) is 206 Å². The normalized spacial score (nSPS) is 11.8. The predicted octanol–water partition coefficient (Wildman–Crippen LogP) is 17.0. The van der Waals surface area contributed by atoms with Crippen LogP contribution in [0.2, 0.25) is 0 Å². The van der Waals surface area contributed by atoms with Crippen LogP contribution in [-0.2, 0) is 0 Å². The quantitative estimate of drug-likeness (QED) is 0.157. The Bertz CT molecular complexity index is 3370. The predicted molar refractivity (Wildman–Crippen MR) is 260 cm³/mol. The molecule has 0 nitrogen and oxygen atoms in total. The van der Waals surface area contributed by atoms with Crippen molar-refractivity contribution in [3.05, 3.63) is 217 Å². The molecule has 0 aromatic heterocycles. The fraction of sp³-hybridized carbons (Fsp3) is 0.0333. The van der Waals surface area contributed by atoms with Crippen molar-refractivity contribution in [2.75, 3.05) is 0 Å². The van der Waals surface area contributed by atoms with E-state index in [4.69, 9.17) is 0 Å². The van der Waals surface area contributed by atoms with Gasteiger partial charge in [-0.1, -0.05) is 205 Å². The Kier molecular flexibility index (Phi) is 7.77. The second-order valence-corrected chi connectivity index (χ2v) is 16.5. The summed E-state index contributed by atoms with van der Waals surface area (Å²) in [4.78, 5) is 0. The summed E-state index contributed by atoms with van der Waals surface area (Å²) in [5.41, 5.74) is 12.7. The average molecular weight is 761 g/mol. The van der Waals surface area contributed by atoms with E-state index in [0.29, 0.717) is 0 Å². The van der Waals surface area contributed by atoms with Gasteiger partial charge in [-0.05, 0) is 146 Å². The smallest absolute Gasteiger partial charge is 0.00201 e. The van der Waals surface area contributed by atoms with Gasteiger partial charge in [-0.25, -0.2) is 0 Å². The first-order valence-corrected chi connectivity index (χ1v) is 21.0. The van der Waals surface area contributed by atoms with E-state index in [1.807, 2.05) is 0 Å². The van der Waals surface area contributed by atoms with Gasteiger partial charge >= 0.3 is 0 Å². The number of hydrogen-bond acceptors (Lipinski definition) is 0. The molecule has 0 fully saturated rings. The minimum atomic E-state index is 1.24. The van der Waals surface area contributed by atoms with Crippen molar-refractivity contribution in [1.29, 1.82) is 0 Å². The zero-order valence-corrected chi connectivity index (χ0v) is 33.6. The molecule has 0 atom stereocenters. The third-order valence-electron chi connectivity index (χ3n) is 12.9. The van der Waals surface area contributed by atoms with Crippen molar-refractivity contribution in [1.82, 2.24) is 0 Å². The van der Waals surface area contributed by atoms with Crippen LogP contribution in [0.3, 0.4) is 0 Å². The molecule has 0 N–H and O–H groups in total. The molecule has 0 radical (unpaired) electrons. The van der Waals surface area contributed by atoms with E-state index in [2.05, 4.69) is 220 Å². The van der Waals surface area contributed by atoms with Gasteiger partial charge in [-0.3, -0.25) is 0 Å². The van der Waals surface area contributed by atoms with Crippen LogP contribution in [0.5, 0.6) is 0 Å². The summed E-state index contributed by atoms with van der Waals surface area (Å²) >= 11 is 0. The Balaban J connectivity index is 1.12. The molecular weight excluding hydrogens is 721 g/mol. The van der Waals surface area contributed by atoms with Gasteiger partial charge < -0.3 is 0 Å². The third kappa shape index (κ3) is 5.31. The fourth-order valence-corrected chi connectivity index (χ4v) is 10.2. The molecule has 0 saturated carbocycles. The van der Waals surface area contributed by atoms with E-state index in [9.17, 15) is 0 Å². The van der Waals surface area contributed by atoms with Crippen LogP contribution in [0, 0.1) is 13.8 Å². The molecule has 12 aromatic carbocycles. The summed E-state index contributed by atoms with van der Waals surface area (Å²) in [6.07, 6.45) is 0. The van der Waals surface area contributed by atoms with Crippen molar-refractivity contribution in [2.24, 2.45) is 0 Å². The second kappa shape index (κ2) is 13.5. The number of rotatable bonds is 4. The molecule has 0 unspecified atom stereocenters. The Morgan fingerprint density at radius 2 is 0.483 bits per heavy atom. The Hall–Kier alpha value is -7.54. The van der Waals surface area contributed by atoms with Gasteiger partial charge in [0.15, 0.2) is 0 Å². The minimum absolute atomic E-state index is 1.24. The first kappa shape index (κ1) is 34.5. The van der Waals surface area contributed by atoms with Gasteiger partial charge in [0.1, 0.15) is 0 Å². The summed E-state index contributed by atoms with van der Waals surface area (Å²) < 4.78 is 0. The first-order valence-electron chi connectivity index (χ1n) is 21.0. The topological polar surface area (TPSA) is 0 Å². The van der Waals surface area contributed by atoms with E-state index in [1.54, 1.807) is 0 Å². The van der Waals surface area contributed by atoms with Gasteiger partial charge in [0, 0.05) is 0 Å². The highest BCUT2D eigenvalue weighted by molar-refractivity contribution is 6.27. The maximum absolute atomic E-state index is 2.40. The van der Waals surface area contributed by atoms with Crippen molar-refractivity contribution in [3.63, 3.8) is 0 Å². The van der Waals surface area contributed by atoms with E-state index in [0.717, 1.165) is 0 Å². The monoisotopic (exact) mass is 760 g/mol. The molecule has 12 aromatic rings. The zero-order chi connectivity index (χ0) is 39.9. The molecule has 60 heavy (non-hydrogen) atoms. The van der Waals surface area contributed by atoms with Gasteiger partial charge in [0.05, 0.1) is 0 Å². The number of hydrogen-bond donors (Lipinski definition) is 0. The van der Waals surface area contributed by atoms with Crippen molar-refractivity contribution in [2.45, 2.75) is 13.8 Å². The first-order chi connectivity index (χ1) is 29.6. The van der Waals surface area contributed by atoms with Gasteiger partial charge in [0.2, 0.25) is 0 Å². The summed E-state index contributed by atoms with van der Waals surface area (Å²) in [5.74, 6) is 0. The molecule has 0 aliphatic heterocycles. The van der Waals surface area contributed by atoms with E-state index < -0.39 is 0 Å². The Morgan fingerprint density at radius 1 is 0.217 bits per heavy atom. The molecule has 280 valence electrons. The van der Waals surface area contributed by atoms with Crippen LogP contribution < -0.4 is 0 Å². The number of benzene rings is 12. The fourth-order valence-electron chi connectivity index (χ4n) is 10.2. The van der Waals surface area contributed by atoms with Crippen molar-refractivity contribution < 1.29 is 0 Å². The maximum Gasteiger partial charge on any atom is -0.00201 e. The summed E-state index contributed by atoms with van der Waals surface area (Å²) in [7, 11) is 0. The average Bonchev–Trinajstić information content (AvgIpc) is 3.29. The number of aryl methyl sites for hydroxylation is 2. The van der Waals surface area contributed by atoms with Gasteiger partial charge in [-0.15, -0.1) is 0 Å². The van der Waals surface area contributed by atoms with Gasteiger partial charge in [0.25, 0.3) is 0 Å². The lowest BCUT2D eigenvalue weighted by Crippen LogP contribution is -1.94. The Labute approximate surface area is 349 Å². The second-order valence-electron chi connectivity index (χ2n) is 16.5. The summed E-state index contributed by atoms with van der Waals surface area (Å²) in [6.45, 7) is 4.33. The molecule has 0 amide bonds. The van der Waals surface area contributed by atoms with Crippen LogP contribution >= 0.6 is 0 Å². The SMILES string of the molecule is Cc1ccc2cc(-c3c4ccccc4c(-c4ccc(-c5c6ccccc6c(-c6ccc7cc(C)ccc7c6)c6ccccc56)c5ccccc45)c4ccccc34)ccc2c1. The minimum Gasteiger partial charge on any atom is -0.0616 e. The highest BCUT2D eigenvalue weighted by Gasteiger charge is 2.22. The highest BCUT2D eigenvalue weighted by atomic mass is 14.2. The van der Waals surface area contributed by atoms with Crippen LogP contribution in [0.25, 0.3) is 120 Å².